The molecule has 0 spiro atoms. The highest BCUT2D eigenvalue weighted by molar-refractivity contribution is 5.33. The molecule has 2 unspecified atom stereocenters. The minimum Gasteiger partial charge on any atom is -0.392 e. The van der Waals surface area contributed by atoms with Crippen molar-refractivity contribution in [3.63, 3.8) is 0 Å². The summed E-state index contributed by atoms with van der Waals surface area (Å²) in [5.74, 6) is -0.612. The Labute approximate surface area is 99.3 Å². The summed E-state index contributed by atoms with van der Waals surface area (Å²) >= 11 is 0. The lowest BCUT2D eigenvalue weighted by Gasteiger charge is -2.25. The van der Waals surface area contributed by atoms with Crippen LogP contribution in [0.4, 0.5) is 13.2 Å². The van der Waals surface area contributed by atoms with Crippen LogP contribution in [0.5, 0.6) is 0 Å². The van der Waals surface area contributed by atoms with Crippen molar-refractivity contribution in [2.75, 3.05) is 0 Å². The van der Waals surface area contributed by atoms with Crippen LogP contribution in [-0.4, -0.2) is 11.2 Å². The van der Waals surface area contributed by atoms with Crippen molar-refractivity contribution in [2.24, 2.45) is 5.92 Å². The molecule has 2 atom stereocenters. The van der Waals surface area contributed by atoms with Gasteiger partial charge in [-0.05, 0) is 17.5 Å². The molecule has 1 nitrogen and oxygen atoms in total. The molecule has 0 fully saturated rings. The normalized spacial score (nSPS) is 16.0. The number of hydrogen-bond acceptors (Lipinski definition) is 1. The van der Waals surface area contributed by atoms with Crippen LogP contribution in [0.25, 0.3) is 0 Å². The van der Waals surface area contributed by atoms with Crippen molar-refractivity contribution in [1.82, 2.24) is 0 Å². The molecule has 1 rings (SSSR count). The Morgan fingerprint density at radius 3 is 2.06 bits per heavy atom. The third-order valence-corrected chi connectivity index (χ3v) is 2.95. The monoisotopic (exact) mass is 246 g/mol. The first-order valence-electron chi connectivity index (χ1n) is 5.59. The molecule has 17 heavy (non-hydrogen) atoms. The summed E-state index contributed by atoms with van der Waals surface area (Å²) < 4.78 is 38.4. The number of hydrogen-bond donors (Lipinski definition) is 1. The first kappa shape index (κ1) is 14.0. The summed E-state index contributed by atoms with van der Waals surface area (Å²) in [5.41, 5.74) is -0.506. The fourth-order valence-electron chi connectivity index (χ4n) is 1.91. The van der Waals surface area contributed by atoms with E-state index in [1.165, 1.54) is 12.1 Å². The van der Waals surface area contributed by atoms with Crippen LogP contribution in [0.3, 0.4) is 0 Å². The zero-order valence-electron chi connectivity index (χ0n) is 10.1. The molecule has 0 amide bonds. The number of alkyl halides is 3. The van der Waals surface area contributed by atoms with E-state index >= 15 is 0 Å². The highest BCUT2D eigenvalue weighted by Crippen LogP contribution is 2.36. The van der Waals surface area contributed by atoms with Crippen LogP contribution >= 0.6 is 0 Å². The topological polar surface area (TPSA) is 20.2 Å². The quantitative estimate of drug-likeness (QED) is 0.859. The zero-order chi connectivity index (χ0) is 13.2. The smallest absolute Gasteiger partial charge is 0.392 e. The zero-order valence-corrected chi connectivity index (χ0v) is 10.1. The summed E-state index contributed by atoms with van der Waals surface area (Å²) in [7, 11) is 0. The van der Waals surface area contributed by atoms with Gasteiger partial charge >= 0.3 is 6.18 Å². The molecule has 0 aliphatic carbocycles. The van der Waals surface area contributed by atoms with Crippen LogP contribution < -0.4 is 0 Å². The maximum Gasteiger partial charge on any atom is 0.416 e. The molecule has 0 aliphatic heterocycles. The van der Waals surface area contributed by atoms with Gasteiger partial charge < -0.3 is 5.11 Å². The number of aliphatic hydroxyl groups is 1. The van der Waals surface area contributed by atoms with Gasteiger partial charge in [-0.2, -0.15) is 13.2 Å². The fraction of sp³-hybridized carbons (Fsp3) is 0.538. The van der Waals surface area contributed by atoms with Gasteiger partial charge in [-0.25, -0.2) is 0 Å². The van der Waals surface area contributed by atoms with Crippen LogP contribution in [0.15, 0.2) is 24.3 Å². The molecule has 0 aromatic heterocycles. The van der Waals surface area contributed by atoms with E-state index in [0.717, 1.165) is 6.07 Å². The molecule has 1 N–H and O–H groups in total. The van der Waals surface area contributed by atoms with E-state index in [0.29, 0.717) is 0 Å². The molecule has 0 radical (unpaired) electrons. The molecule has 0 heterocycles. The van der Waals surface area contributed by atoms with E-state index in [1.807, 2.05) is 0 Å². The van der Waals surface area contributed by atoms with E-state index < -0.39 is 23.8 Å². The Morgan fingerprint density at radius 1 is 1.06 bits per heavy atom. The first-order chi connectivity index (χ1) is 7.75. The maximum absolute atomic E-state index is 12.8. The largest absolute Gasteiger partial charge is 0.416 e. The molecule has 1 aromatic rings. The van der Waals surface area contributed by atoms with Crippen molar-refractivity contribution >= 4 is 0 Å². The van der Waals surface area contributed by atoms with Crippen molar-refractivity contribution in [2.45, 2.75) is 39.0 Å². The van der Waals surface area contributed by atoms with E-state index in [4.69, 9.17) is 0 Å². The van der Waals surface area contributed by atoms with E-state index in [-0.39, 0.29) is 11.5 Å². The fourth-order valence-corrected chi connectivity index (χ4v) is 1.91. The van der Waals surface area contributed by atoms with Gasteiger partial charge in [0.15, 0.2) is 0 Å². The number of aliphatic hydroxyl groups excluding tert-OH is 1. The second kappa shape index (κ2) is 5.08. The summed E-state index contributed by atoms with van der Waals surface area (Å²) in [6.45, 7) is 5.20. The maximum atomic E-state index is 12.8. The number of benzene rings is 1. The third kappa shape index (κ3) is 3.22. The van der Waals surface area contributed by atoms with E-state index in [1.54, 1.807) is 26.8 Å². The van der Waals surface area contributed by atoms with Crippen LogP contribution in [-0.2, 0) is 6.18 Å². The van der Waals surface area contributed by atoms with Crippen LogP contribution in [0.2, 0.25) is 0 Å². The van der Waals surface area contributed by atoms with Gasteiger partial charge in [0.05, 0.1) is 11.7 Å². The minimum atomic E-state index is -4.37. The lowest BCUT2D eigenvalue weighted by atomic mass is 9.86. The Balaban J connectivity index is 3.14. The van der Waals surface area contributed by atoms with Gasteiger partial charge in [-0.15, -0.1) is 0 Å². The standard InChI is InChI=1S/C13H17F3O/c1-8(2)12(17)9(3)10-6-4-5-7-11(10)13(14,15)16/h4-9,12,17H,1-3H3. The first-order valence-corrected chi connectivity index (χ1v) is 5.59. The second-order valence-corrected chi connectivity index (χ2v) is 4.61. The lowest BCUT2D eigenvalue weighted by Crippen LogP contribution is -2.24. The minimum absolute atomic E-state index is 0.0775. The summed E-state index contributed by atoms with van der Waals surface area (Å²) in [6.07, 6.45) is -5.15. The summed E-state index contributed by atoms with van der Waals surface area (Å²) in [4.78, 5) is 0. The average Bonchev–Trinajstić information content (AvgIpc) is 2.25. The highest BCUT2D eigenvalue weighted by atomic mass is 19.4. The SMILES string of the molecule is CC(C)C(O)C(C)c1ccccc1C(F)(F)F. The van der Waals surface area contributed by atoms with Gasteiger partial charge in [0, 0.05) is 5.92 Å². The van der Waals surface area contributed by atoms with Gasteiger partial charge in [0.2, 0.25) is 0 Å². The van der Waals surface area contributed by atoms with Crippen LogP contribution in [0, 0.1) is 5.92 Å². The number of halogens is 3. The second-order valence-electron chi connectivity index (χ2n) is 4.61. The molecule has 0 saturated heterocycles. The van der Waals surface area contributed by atoms with Crippen molar-refractivity contribution in [3.05, 3.63) is 35.4 Å². The summed E-state index contributed by atoms with van der Waals surface area (Å²) in [6, 6.07) is 5.41. The van der Waals surface area contributed by atoms with Gasteiger partial charge in [-0.3, -0.25) is 0 Å². The van der Waals surface area contributed by atoms with E-state index in [9.17, 15) is 18.3 Å². The molecule has 4 heteroatoms. The third-order valence-electron chi connectivity index (χ3n) is 2.95. The predicted molar refractivity (Wildman–Crippen MR) is 60.7 cm³/mol. The van der Waals surface area contributed by atoms with E-state index in [2.05, 4.69) is 0 Å². The van der Waals surface area contributed by atoms with Crippen molar-refractivity contribution in [1.29, 1.82) is 0 Å². The Hall–Kier alpha value is -1.03. The molecular formula is C13H17F3O. The molecule has 96 valence electrons. The molecule has 0 aliphatic rings. The Kier molecular flexibility index (Phi) is 4.20. The predicted octanol–water partition coefficient (Wildman–Crippen LogP) is 3.83. The van der Waals surface area contributed by atoms with Gasteiger partial charge in [0.25, 0.3) is 0 Å². The molecular weight excluding hydrogens is 229 g/mol. The average molecular weight is 246 g/mol. The highest BCUT2D eigenvalue weighted by Gasteiger charge is 2.35. The Bertz CT molecular complexity index is 371. The van der Waals surface area contributed by atoms with Gasteiger partial charge in [-0.1, -0.05) is 39.0 Å². The van der Waals surface area contributed by atoms with Crippen LogP contribution in [0.1, 0.15) is 37.8 Å². The lowest BCUT2D eigenvalue weighted by molar-refractivity contribution is -0.138. The van der Waals surface area contributed by atoms with Crippen molar-refractivity contribution in [3.8, 4) is 0 Å². The Morgan fingerprint density at radius 2 is 1.59 bits per heavy atom. The van der Waals surface area contributed by atoms with Gasteiger partial charge in [0.1, 0.15) is 0 Å². The molecule has 0 bridgehead atoms. The van der Waals surface area contributed by atoms with Crippen molar-refractivity contribution < 1.29 is 18.3 Å². The summed E-state index contributed by atoms with van der Waals surface area (Å²) in [5, 5.41) is 9.87. The molecule has 0 saturated carbocycles. The number of rotatable bonds is 3. The molecule has 1 aromatic carbocycles.